The predicted octanol–water partition coefficient (Wildman–Crippen LogP) is 2.29. The van der Waals surface area contributed by atoms with E-state index in [4.69, 9.17) is 21.3 Å². The maximum Gasteiger partial charge on any atom is 0.433 e. The first-order chi connectivity index (χ1) is 6.15. The zero-order valence-corrected chi connectivity index (χ0v) is 6.99. The third-order valence-electron chi connectivity index (χ3n) is 1.20. The molecule has 66 valence electrons. The first kappa shape index (κ1) is 9.29. The van der Waals surface area contributed by atoms with Crippen molar-refractivity contribution in [2.24, 2.45) is 0 Å². The van der Waals surface area contributed by atoms with Crippen LogP contribution in [-0.4, -0.2) is 4.92 Å². The predicted molar refractivity (Wildman–Crippen MR) is 44.8 cm³/mol. The van der Waals surface area contributed by atoms with E-state index < -0.39 is 10.8 Å². The number of halogens is 1. The summed E-state index contributed by atoms with van der Waals surface area (Å²) in [7, 11) is 0. The molecule has 0 atom stereocenters. The maximum atomic E-state index is 10.2. The number of hydrogen-bond donors (Lipinski definition) is 0. The molecule has 5 nitrogen and oxygen atoms in total. The van der Waals surface area contributed by atoms with Gasteiger partial charge in [0, 0.05) is 6.08 Å². The van der Waals surface area contributed by atoms with Crippen molar-refractivity contribution < 1.29 is 9.34 Å². The Morgan fingerprint density at radius 2 is 2.46 bits per heavy atom. The third kappa shape index (κ3) is 2.07. The molecule has 0 aliphatic heterocycles. The Kier molecular flexibility index (Phi) is 2.67. The monoisotopic (exact) mass is 198 g/mol. The van der Waals surface area contributed by atoms with Gasteiger partial charge in [0.2, 0.25) is 0 Å². The first-order valence-corrected chi connectivity index (χ1v) is 3.53. The van der Waals surface area contributed by atoms with Crippen LogP contribution >= 0.6 is 11.6 Å². The second-order valence-electron chi connectivity index (χ2n) is 2.02. The highest BCUT2D eigenvalue weighted by Gasteiger charge is 2.13. The molecule has 0 saturated heterocycles. The highest BCUT2D eigenvalue weighted by molar-refractivity contribution is 6.48. The lowest BCUT2D eigenvalue weighted by Crippen LogP contribution is -1.82. The van der Waals surface area contributed by atoms with E-state index in [9.17, 15) is 10.1 Å². The molecule has 1 aromatic rings. The lowest BCUT2D eigenvalue weighted by atomic mass is 10.4. The number of allylic oxidation sites excluding steroid dienone is 1. The molecule has 13 heavy (non-hydrogen) atoms. The van der Waals surface area contributed by atoms with Crippen molar-refractivity contribution in [3.8, 4) is 6.07 Å². The lowest BCUT2D eigenvalue weighted by molar-refractivity contribution is -0.402. The normalized spacial score (nSPS) is 10.9. The van der Waals surface area contributed by atoms with Crippen molar-refractivity contribution >= 4 is 22.5 Å². The third-order valence-corrected chi connectivity index (χ3v) is 1.49. The van der Waals surface area contributed by atoms with Gasteiger partial charge >= 0.3 is 5.88 Å². The number of nitrogens with zero attached hydrogens (tertiary/aromatic N) is 2. The number of nitro groups is 1. The fourth-order valence-corrected chi connectivity index (χ4v) is 0.832. The molecule has 1 aromatic heterocycles. The molecule has 0 fully saturated rings. The summed E-state index contributed by atoms with van der Waals surface area (Å²) in [6.07, 6.45) is 1.03. The maximum absolute atomic E-state index is 10.2. The van der Waals surface area contributed by atoms with Crippen LogP contribution in [0.2, 0.25) is 0 Å². The molecule has 0 bridgehead atoms. The SMILES string of the molecule is N#C/C=C(\Cl)c1ccc([N+](=O)[O-])o1. The van der Waals surface area contributed by atoms with Crippen molar-refractivity contribution in [2.75, 3.05) is 0 Å². The van der Waals surface area contributed by atoms with Crippen molar-refractivity contribution in [1.82, 2.24) is 0 Å². The van der Waals surface area contributed by atoms with Gasteiger partial charge in [-0.25, -0.2) is 0 Å². The molecular formula is C7H3ClN2O3. The molecule has 6 heteroatoms. The van der Waals surface area contributed by atoms with Crippen LogP contribution in [0.1, 0.15) is 5.76 Å². The summed E-state index contributed by atoms with van der Waals surface area (Å²) in [6.45, 7) is 0. The van der Waals surface area contributed by atoms with E-state index >= 15 is 0 Å². The molecule has 0 radical (unpaired) electrons. The van der Waals surface area contributed by atoms with E-state index in [-0.39, 0.29) is 10.8 Å². The minimum atomic E-state index is -0.681. The Morgan fingerprint density at radius 3 is 2.92 bits per heavy atom. The summed E-state index contributed by atoms with van der Waals surface area (Å²) in [5.74, 6) is -0.297. The van der Waals surface area contributed by atoms with Crippen LogP contribution in [0.5, 0.6) is 0 Å². The van der Waals surface area contributed by atoms with Gasteiger partial charge in [-0.3, -0.25) is 10.1 Å². The van der Waals surface area contributed by atoms with Crippen LogP contribution in [0.25, 0.3) is 5.03 Å². The standard InChI is InChI=1S/C7H3ClN2O3/c8-5(3-4-9)6-1-2-7(13-6)10(11)12/h1-3H/b5-3-. The van der Waals surface area contributed by atoms with Crippen LogP contribution < -0.4 is 0 Å². The molecule has 0 saturated carbocycles. The average Bonchev–Trinajstić information content (AvgIpc) is 2.52. The van der Waals surface area contributed by atoms with Crippen molar-refractivity contribution in [3.63, 3.8) is 0 Å². The molecule has 0 unspecified atom stereocenters. The molecule has 1 heterocycles. The van der Waals surface area contributed by atoms with E-state index in [0.29, 0.717) is 0 Å². The van der Waals surface area contributed by atoms with Crippen LogP contribution in [-0.2, 0) is 0 Å². The second kappa shape index (κ2) is 3.74. The first-order valence-electron chi connectivity index (χ1n) is 3.15. The van der Waals surface area contributed by atoms with E-state index in [1.807, 2.05) is 0 Å². The molecule has 1 rings (SSSR count). The summed E-state index contributed by atoms with van der Waals surface area (Å²) in [5.41, 5.74) is 0. The van der Waals surface area contributed by atoms with Crippen LogP contribution in [0.15, 0.2) is 22.6 Å². The number of nitriles is 1. The minimum Gasteiger partial charge on any atom is -0.400 e. The van der Waals surface area contributed by atoms with Crippen LogP contribution in [0.4, 0.5) is 5.88 Å². The van der Waals surface area contributed by atoms with Gasteiger partial charge in [-0.2, -0.15) is 5.26 Å². The van der Waals surface area contributed by atoms with Crippen molar-refractivity contribution in [1.29, 1.82) is 5.26 Å². The molecule has 0 aromatic carbocycles. The average molecular weight is 199 g/mol. The largest absolute Gasteiger partial charge is 0.433 e. The fraction of sp³-hybridized carbons (Fsp3) is 0. The Hall–Kier alpha value is -1.80. The molecule has 0 amide bonds. The van der Waals surface area contributed by atoms with Gasteiger partial charge in [0.1, 0.15) is 4.92 Å². The van der Waals surface area contributed by atoms with E-state index in [1.54, 1.807) is 6.07 Å². The van der Waals surface area contributed by atoms with Gasteiger partial charge in [0.15, 0.2) is 5.76 Å². The smallest absolute Gasteiger partial charge is 0.400 e. The van der Waals surface area contributed by atoms with E-state index in [1.165, 1.54) is 12.1 Å². The number of hydrogen-bond acceptors (Lipinski definition) is 4. The zero-order valence-electron chi connectivity index (χ0n) is 6.23. The number of furan rings is 1. The van der Waals surface area contributed by atoms with Crippen molar-refractivity contribution in [3.05, 3.63) is 34.1 Å². The Bertz CT molecular complexity index is 402. The molecular weight excluding hydrogens is 196 g/mol. The Labute approximate surface area is 78.0 Å². The van der Waals surface area contributed by atoms with E-state index in [2.05, 4.69) is 0 Å². The lowest BCUT2D eigenvalue weighted by Gasteiger charge is -1.87. The Balaban J connectivity index is 3.00. The van der Waals surface area contributed by atoms with Gasteiger partial charge in [0.25, 0.3) is 0 Å². The fourth-order valence-electron chi connectivity index (χ4n) is 0.682. The topological polar surface area (TPSA) is 80.1 Å². The van der Waals surface area contributed by atoms with Gasteiger partial charge in [-0.15, -0.1) is 0 Å². The summed E-state index contributed by atoms with van der Waals surface area (Å²) in [4.78, 5) is 9.50. The van der Waals surface area contributed by atoms with Gasteiger partial charge in [-0.05, 0) is 6.07 Å². The molecule has 0 N–H and O–H groups in total. The summed E-state index contributed by atoms with van der Waals surface area (Å²) >= 11 is 5.55. The highest BCUT2D eigenvalue weighted by atomic mass is 35.5. The van der Waals surface area contributed by atoms with Gasteiger partial charge in [0.05, 0.1) is 17.2 Å². The summed E-state index contributed by atoms with van der Waals surface area (Å²) < 4.78 is 4.71. The second-order valence-corrected chi connectivity index (χ2v) is 2.42. The Morgan fingerprint density at radius 1 is 1.77 bits per heavy atom. The minimum absolute atomic E-state index is 0.0376. The number of rotatable bonds is 2. The zero-order chi connectivity index (χ0) is 9.84. The summed E-state index contributed by atoms with van der Waals surface area (Å²) in [5, 5.41) is 18.4. The van der Waals surface area contributed by atoms with Gasteiger partial charge < -0.3 is 4.42 Å². The highest BCUT2D eigenvalue weighted by Crippen LogP contribution is 2.24. The molecule has 0 aliphatic rings. The van der Waals surface area contributed by atoms with Crippen LogP contribution in [0.3, 0.4) is 0 Å². The van der Waals surface area contributed by atoms with Crippen LogP contribution in [0, 0.1) is 21.4 Å². The summed E-state index contributed by atoms with van der Waals surface area (Å²) in [6, 6.07) is 4.18. The van der Waals surface area contributed by atoms with E-state index in [0.717, 1.165) is 6.08 Å². The molecule has 0 spiro atoms. The molecule has 0 aliphatic carbocycles. The quantitative estimate of drug-likeness (QED) is 0.415. The van der Waals surface area contributed by atoms with Crippen molar-refractivity contribution in [2.45, 2.75) is 0 Å². The van der Waals surface area contributed by atoms with Gasteiger partial charge in [-0.1, -0.05) is 11.6 Å².